The molecule has 0 spiro atoms. The van der Waals surface area contributed by atoms with Crippen LogP contribution in [-0.4, -0.2) is 34.3 Å². The molecule has 0 saturated heterocycles. The lowest BCUT2D eigenvalue weighted by molar-refractivity contribution is 0.104. The van der Waals surface area contributed by atoms with Gasteiger partial charge in [0.25, 0.3) is 0 Å². The molecule has 0 heterocycles. The molecule has 3 rings (SSSR count). The van der Waals surface area contributed by atoms with Crippen molar-refractivity contribution in [2.75, 3.05) is 13.2 Å². The molecule has 134 valence electrons. The van der Waals surface area contributed by atoms with Crippen LogP contribution in [0.1, 0.15) is 37.0 Å². The van der Waals surface area contributed by atoms with Crippen LogP contribution in [0.25, 0.3) is 0 Å². The van der Waals surface area contributed by atoms with Crippen LogP contribution in [0.15, 0.2) is 42.5 Å². The Morgan fingerprint density at radius 2 is 1.92 bits per heavy atom. The summed E-state index contributed by atoms with van der Waals surface area (Å²) in [6.07, 6.45) is 1.47. The van der Waals surface area contributed by atoms with Gasteiger partial charge in [0.1, 0.15) is 5.82 Å². The highest BCUT2D eigenvalue weighted by atomic mass is 19.1. The van der Waals surface area contributed by atoms with Gasteiger partial charge in [-0.1, -0.05) is 24.3 Å². The van der Waals surface area contributed by atoms with E-state index in [0.717, 1.165) is 18.4 Å². The second kappa shape index (κ2) is 7.85. The lowest BCUT2D eigenvalue weighted by atomic mass is 10.1. The molecule has 0 radical (unpaired) electrons. The van der Waals surface area contributed by atoms with Gasteiger partial charge in [-0.2, -0.15) is 0 Å². The number of aliphatic hydroxyl groups excluding tert-OH is 1. The van der Waals surface area contributed by atoms with Crippen LogP contribution >= 0.6 is 0 Å². The summed E-state index contributed by atoms with van der Waals surface area (Å²) in [6.45, 7) is 3.35. The predicted octanol–water partition coefficient (Wildman–Crippen LogP) is 3.63. The van der Waals surface area contributed by atoms with E-state index in [0.29, 0.717) is 37.1 Å². The van der Waals surface area contributed by atoms with Crippen molar-refractivity contribution < 1.29 is 19.3 Å². The first kappa shape index (κ1) is 17.7. The Labute approximate surface area is 147 Å². The highest BCUT2D eigenvalue weighted by molar-refractivity contribution is 5.45. The van der Waals surface area contributed by atoms with Gasteiger partial charge in [-0.05, 0) is 43.5 Å². The zero-order valence-corrected chi connectivity index (χ0v) is 14.4. The zero-order valence-electron chi connectivity index (χ0n) is 14.4. The average Bonchev–Trinajstić information content (AvgIpc) is 3.43. The number of nitrogens with zero attached hydrogens (tertiary/aromatic N) is 1. The van der Waals surface area contributed by atoms with Crippen molar-refractivity contribution in [1.29, 1.82) is 0 Å². The Hall–Kier alpha value is -2.11. The van der Waals surface area contributed by atoms with Gasteiger partial charge >= 0.3 is 0 Å². The van der Waals surface area contributed by atoms with Crippen molar-refractivity contribution in [3.05, 3.63) is 59.4 Å². The minimum atomic E-state index is -0.696. The Kier molecular flexibility index (Phi) is 5.56. The highest BCUT2D eigenvalue weighted by Crippen LogP contribution is 2.35. The van der Waals surface area contributed by atoms with Crippen LogP contribution in [0, 0.1) is 5.82 Å². The summed E-state index contributed by atoms with van der Waals surface area (Å²) in [5.74, 6) is 0.328. The molecule has 0 aromatic heterocycles. The summed E-state index contributed by atoms with van der Waals surface area (Å²) >= 11 is 0. The standard InChI is InChI=1S/C20H24FNO3/c1-2-25-19-5-3-4-15(20(19)24)12-22(17-10-11-17)13-18(23)14-6-8-16(21)9-7-14/h3-9,17-18,23-24H,2,10-13H2,1H3. The number of phenols is 1. The molecule has 0 amide bonds. The van der Waals surface area contributed by atoms with Gasteiger partial charge in [0.05, 0.1) is 12.7 Å². The average molecular weight is 345 g/mol. The predicted molar refractivity (Wildman–Crippen MR) is 94.1 cm³/mol. The number of ether oxygens (including phenoxy) is 1. The number of hydrogen-bond acceptors (Lipinski definition) is 4. The van der Waals surface area contributed by atoms with Gasteiger partial charge in [0.2, 0.25) is 0 Å². The van der Waals surface area contributed by atoms with Crippen molar-refractivity contribution in [2.45, 2.75) is 38.5 Å². The van der Waals surface area contributed by atoms with E-state index < -0.39 is 6.10 Å². The van der Waals surface area contributed by atoms with Crippen molar-refractivity contribution in [3.63, 3.8) is 0 Å². The van der Waals surface area contributed by atoms with Gasteiger partial charge in [0, 0.05) is 24.7 Å². The quantitative estimate of drug-likeness (QED) is 0.767. The molecule has 4 nitrogen and oxygen atoms in total. The number of aliphatic hydroxyl groups is 1. The zero-order chi connectivity index (χ0) is 17.8. The molecular formula is C20H24FNO3. The minimum absolute atomic E-state index is 0.159. The summed E-state index contributed by atoms with van der Waals surface area (Å²) in [5.41, 5.74) is 1.48. The van der Waals surface area contributed by atoms with Gasteiger partial charge in [-0.15, -0.1) is 0 Å². The molecule has 1 atom stereocenters. The molecule has 1 fully saturated rings. The second-order valence-electron chi connectivity index (χ2n) is 6.42. The van der Waals surface area contributed by atoms with E-state index in [1.807, 2.05) is 19.1 Å². The summed E-state index contributed by atoms with van der Waals surface area (Å²) in [5, 5.41) is 20.9. The monoisotopic (exact) mass is 345 g/mol. The summed E-state index contributed by atoms with van der Waals surface area (Å²) < 4.78 is 18.5. The van der Waals surface area contributed by atoms with Gasteiger partial charge < -0.3 is 14.9 Å². The van der Waals surface area contributed by atoms with Gasteiger partial charge in [-0.3, -0.25) is 4.90 Å². The number of halogens is 1. The van der Waals surface area contributed by atoms with E-state index in [1.165, 1.54) is 12.1 Å². The van der Waals surface area contributed by atoms with Gasteiger partial charge in [0.15, 0.2) is 11.5 Å². The van der Waals surface area contributed by atoms with Crippen molar-refractivity contribution >= 4 is 0 Å². The lowest BCUT2D eigenvalue weighted by Crippen LogP contribution is -2.30. The normalized spacial score (nSPS) is 15.4. The Balaban J connectivity index is 1.72. The lowest BCUT2D eigenvalue weighted by Gasteiger charge is -2.26. The SMILES string of the molecule is CCOc1cccc(CN(CC(O)c2ccc(F)cc2)C2CC2)c1O. The maximum atomic E-state index is 13.1. The van der Waals surface area contributed by atoms with E-state index in [1.54, 1.807) is 18.2 Å². The molecule has 5 heteroatoms. The third-order valence-electron chi connectivity index (χ3n) is 4.48. The van der Waals surface area contributed by atoms with E-state index in [-0.39, 0.29) is 11.6 Å². The van der Waals surface area contributed by atoms with Crippen LogP contribution in [0.5, 0.6) is 11.5 Å². The molecule has 1 aliphatic rings. The van der Waals surface area contributed by atoms with Crippen LogP contribution in [-0.2, 0) is 6.54 Å². The van der Waals surface area contributed by atoms with Crippen molar-refractivity contribution in [2.24, 2.45) is 0 Å². The number of hydrogen-bond donors (Lipinski definition) is 2. The maximum Gasteiger partial charge on any atom is 0.162 e. The molecule has 1 saturated carbocycles. The largest absolute Gasteiger partial charge is 0.504 e. The number of benzene rings is 2. The summed E-state index contributed by atoms with van der Waals surface area (Å²) in [6, 6.07) is 11.8. The third-order valence-corrected chi connectivity index (χ3v) is 4.48. The van der Waals surface area contributed by atoms with E-state index in [9.17, 15) is 14.6 Å². The molecular weight excluding hydrogens is 321 g/mol. The number of phenolic OH excluding ortho intramolecular Hbond substituents is 1. The molecule has 2 aromatic rings. The van der Waals surface area contributed by atoms with E-state index in [2.05, 4.69) is 4.90 Å². The molecule has 2 N–H and O–H groups in total. The number of rotatable bonds is 8. The molecule has 0 aliphatic heterocycles. The molecule has 0 bridgehead atoms. The number of aromatic hydroxyl groups is 1. The fourth-order valence-electron chi connectivity index (χ4n) is 2.98. The first-order valence-electron chi connectivity index (χ1n) is 8.69. The third kappa shape index (κ3) is 4.50. The van der Waals surface area contributed by atoms with Crippen LogP contribution in [0.2, 0.25) is 0 Å². The highest BCUT2D eigenvalue weighted by Gasteiger charge is 2.31. The maximum absolute atomic E-state index is 13.1. The topological polar surface area (TPSA) is 52.9 Å². The first-order valence-corrected chi connectivity index (χ1v) is 8.69. The first-order chi connectivity index (χ1) is 12.1. The Morgan fingerprint density at radius 1 is 1.20 bits per heavy atom. The van der Waals surface area contributed by atoms with Crippen molar-refractivity contribution in [3.8, 4) is 11.5 Å². The van der Waals surface area contributed by atoms with Crippen LogP contribution < -0.4 is 4.74 Å². The minimum Gasteiger partial charge on any atom is -0.504 e. The smallest absolute Gasteiger partial charge is 0.162 e. The van der Waals surface area contributed by atoms with Crippen LogP contribution in [0.4, 0.5) is 4.39 Å². The molecule has 1 aliphatic carbocycles. The molecule has 2 aromatic carbocycles. The van der Waals surface area contributed by atoms with Crippen LogP contribution in [0.3, 0.4) is 0 Å². The fourth-order valence-corrected chi connectivity index (χ4v) is 2.98. The molecule has 1 unspecified atom stereocenters. The van der Waals surface area contributed by atoms with E-state index in [4.69, 9.17) is 4.74 Å². The summed E-state index contributed by atoms with van der Waals surface area (Å²) in [4.78, 5) is 2.17. The fraction of sp³-hybridized carbons (Fsp3) is 0.400. The second-order valence-corrected chi connectivity index (χ2v) is 6.42. The summed E-state index contributed by atoms with van der Waals surface area (Å²) in [7, 11) is 0. The van der Waals surface area contributed by atoms with Crippen molar-refractivity contribution in [1.82, 2.24) is 4.90 Å². The Morgan fingerprint density at radius 3 is 2.56 bits per heavy atom. The van der Waals surface area contributed by atoms with E-state index >= 15 is 0 Å². The number of para-hydroxylation sites is 1. The Bertz CT molecular complexity index is 701. The van der Waals surface area contributed by atoms with Gasteiger partial charge in [-0.25, -0.2) is 4.39 Å². The molecule has 25 heavy (non-hydrogen) atoms.